The second-order valence-corrected chi connectivity index (χ2v) is 6.43. The van der Waals surface area contributed by atoms with Crippen LogP contribution < -0.4 is 0 Å². The van der Waals surface area contributed by atoms with Crippen molar-refractivity contribution in [2.45, 2.75) is 70.5 Å². The van der Waals surface area contributed by atoms with E-state index in [1.807, 2.05) is 0 Å². The minimum absolute atomic E-state index is 0.503. The fraction of sp³-hybridized carbons (Fsp3) is 1.00. The maximum absolute atomic E-state index is 6.27. The Morgan fingerprint density at radius 3 is 2.53 bits per heavy atom. The van der Waals surface area contributed by atoms with E-state index < -0.39 is 0 Å². The van der Waals surface area contributed by atoms with Gasteiger partial charge in [-0.2, -0.15) is 0 Å². The van der Waals surface area contributed by atoms with Crippen molar-refractivity contribution < 1.29 is 4.74 Å². The summed E-state index contributed by atoms with van der Waals surface area (Å²) in [6.07, 6.45) is 12.2. The van der Waals surface area contributed by atoms with E-state index >= 15 is 0 Å². The van der Waals surface area contributed by atoms with Crippen LogP contribution in [0.3, 0.4) is 0 Å². The van der Waals surface area contributed by atoms with Gasteiger partial charge in [0, 0.05) is 4.43 Å². The molecule has 0 aromatic heterocycles. The number of rotatable bonds is 2. The average molecular weight is 322 g/mol. The van der Waals surface area contributed by atoms with Crippen LogP contribution in [0.1, 0.15) is 58.3 Å². The highest BCUT2D eigenvalue weighted by Crippen LogP contribution is 2.43. The van der Waals surface area contributed by atoms with Gasteiger partial charge in [-0.1, -0.05) is 48.8 Å². The lowest BCUT2D eigenvalue weighted by atomic mass is 9.70. The molecular weight excluding hydrogens is 299 g/mol. The largest absolute Gasteiger partial charge is 0.374 e. The number of alkyl halides is 1. The minimum Gasteiger partial charge on any atom is -0.374 e. The summed E-state index contributed by atoms with van der Waals surface area (Å²) < 4.78 is 7.44. The highest BCUT2D eigenvalue weighted by molar-refractivity contribution is 14.1. The van der Waals surface area contributed by atoms with Crippen LogP contribution in [-0.2, 0) is 4.74 Å². The van der Waals surface area contributed by atoms with Crippen molar-refractivity contribution in [2.24, 2.45) is 5.41 Å². The number of ether oxygens (including phenoxy) is 1. The standard InChI is InChI=1S/C13H23IO/c1-13(8-3-2-4-9-13)12-7-5-6-11(10-14)15-12/h11-12H,2-10H2,1H3. The third-order valence-electron chi connectivity index (χ3n) is 4.29. The van der Waals surface area contributed by atoms with Crippen molar-refractivity contribution in [2.75, 3.05) is 4.43 Å². The van der Waals surface area contributed by atoms with Crippen LogP contribution in [0.25, 0.3) is 0 Å². The van der Waals surface area contributed by atoms with E-state index in [9.17, 15) is 0 Å². The summed E-state index contributed by atoms with van der Waals surface area (Å²) in [5.74, 6) is 0. The summed E-state index contributed by atoms with van der Waals surface area (Å²) in [5, 5.41) is 0. The third kappa shape index (κ3) is 2.87. The number of hydrogen-bond donors (Lipinski definition) is 0. The predicted molar refractivity (Wildman–Crippen MR) is 72.6 cm³/mol. The van der Waals surface area contributed by atoms with E-state index in [0.29, 0.717) is 17.6 Å². The molecule has 1 saturated heterocycles. The van der Waals surface area contributed by atoms with Gasteiger partial charge in [0.1, 0.15) is 0 Å². The zero-order valence-corrected chi connectivity index (χ0v) is 12.0. The Labute approximate surface area is 107 Å². The zero-order valence-electron chi connectivity index (χ0n) is 9.80. The fourth-order valence-electron chi connectivity index (χ4n) is 3.21. The fourth-order valence-corrected chi connectivity index (χ4v) is 3.85. The van der Waals surface area contributed by atoms with Crippen molar-refractivity contribution in [1.82, 2.24) is 0 Å². The summed E-state index contributed by atoms with van der Waals surface area (Å²) in [4.78, 5) is 0. The molecule has 2 rings (SSSR count). The second-order valence-electron chi connectivity index (χ2n) is 5.55. The first-order valence-electron chi connectivity index (χ1n) is 6.46. The molecule has 2 fully saturated rings. The normalized spacial score (nSPS) is 36.4. The van der Waals surface area contributed by atoms with Crippen LogP contribution in [0.15, 0.2) is 0 Å². The maximum Gasteiger partial charge on any atom is 0.0668 e. The summed E-state index contributed by atoms with van der Waals surface area (Å²) in [6, 6.07) is 0. The van der Waals surface area contributed by atoms with Gasteiger partial charge in [-0.3, -0.25) is 0 Å². The molecule has 2 aliphatic rings. The highest BCUT2D eigenvalue weighted by Gasteiger charge is 2.38. The van der Waals surface area contributed by atoms with Crippen molar-refractivity contribution >= 4 is 22.6 Å². The van der Waals surface area contributed by atoms with Crippen molar-refractivity contribution in [1.29, 1.82) is 0 Å². The molecule has 0 amide bonds. The molecule has 1 saturated carbocycles. The Balaban J connectivity index is 1.95. The third-order valence-corrected chi connectivity index (χ3v) is 5.28. The van der Waals surface area contributed by atoms with Crippen LogP contribution in [0.2, 0.25) is 0 Å². The Hall–Kier alpha value is 0.690. The smallest absolute Gasteiger partial charge is 0.0668 e. The zero-order chi connectivity index (χ0) is 10.7. The van der Waals surface area contributed by atoms with Crippen molar-refractivity contribution in [3.05, 3.63) is 0 Å². The Morgan fingerprint density at radius 1 is 1.13 bits per heavy atom. The first-order valence-corrected chi connectivity index (χ1v) is 7.98. The lowest BCUT2D eigenvalue weighted by Crippen LogP contribution is -2.41. The van der Waals surface area contributed by atoms with Gasteiger partial charge in [-0.25, -0.2) is 0 Å². The van der Waals surface area contributed by atoms with Gasteiger partial charge in [0.25, 0.3) is 0 Å². The number of halogens is 1. The van der Waals surface area contributed by atoms with Gasteiger partial charge < -0.3 is 4.74 Å². The molecule has 1 aliphatic heterocycles. The molecule has 0 radical (unpaired) electrons. The van der Waals surface area contributed by atoms with Crippen molar-refractivity contribution in [3.8, 4) is 0 Å². The van der Waals surface area contributed by atoms with E-state index in [0.717, 1.165) is 0 Å². The molecule has 1 nitrogen and oxygen atoms in total. The summed E-state index contributed by atoms with van der Waals surface area (Å²) >= 11 is 2.47. The van der Waals surface area contributed by atoms with Gasteiger partial charge >= 0.3 is 0 Å². The molecule has 0 aromatic rings. The van der Waals surface area contributed by atoms with Gasteiger partial charge in [0.2, 0.25) is 0 Å². The monoisotopic (exact) mass is 322 g/mol. The molecule has 1 heterocycles. The van der Waals surface area contributed by atoms with E-state index in [1.54, 1.807) is 0 Å². The van der Waals surface area contributed by atoms with Gasteiger partial charge in [0.15, 0.2) is 0 Å². The SMILES string of the molecule is CC1(C2CCCC(CI)O2)CCCCC1. The molecule has 88 valence electrons. The summed E-state index contributed by atoms with van der Waals surface area (Å²) in [5.41, 5.74) is 0.503. The van der Waals surface area contributed by atoms with Gasteiger partial charge in [-0.15, -0.1) is 0 Å². The lowest BCUT2D eigenvalue weighted by Gasteiger charge is -2.44. The van der Waals surface area contributed by atoms with Crippen LogP contribution >= 0.6 is 22.6 Å². The minimum atomic E-state index is 0.503. The molecule has 15 heavy (non-hydrogen) atoms. The highest BCUT2D eigenvalue weighted by atomic mass is 127. The predicted octanol–water partition coefficient (Wildman–Crippen LogP) is 4.33. The molecule has 0 aromatic carbocycles. The first-order chi connectivity index (χ1) is 7.24. The van der Waals surface area contributed by atoms with Crippen LogP contribution in [-0.4, -0.2) is 16.6 Å². The molecule has 2 heteroatoms. The quantitative estimate of drug-likeness (QED) is 0.543. The molecule has 0 N–H and O–H groups in total. The van der Waals surface area contributed by atoms with Gasteiger partial charge in [-0.05, 0) is 37.5 Å². The average Bonchev–Trinajstić information content (AvgIpc) is 2.30. The van der Waals surface area contributed by atoms with Gasteiger partial charge in [0.05, 0.1) is 12.2 Å². The topological polar surface area (TPSA) is 9.23 Å². The van der Waals surface area contributed by atoms with Crippen LogP contribution in [0.5, 0.6) is 0 Å². The Morgan fingerprint density at radius 2 is 1.87 bits per heavy atom. The van der Waals surface area contributed by atoms with Crippen LogP contribution in [0.4, 0.5) is 0 Å². The molecular formula is C13H23IO. The molecule has 2 atom stereocenters. The molecule has 1 aliphatic carbocycles. The second kappa shape index (κ2) is 5.35. The molecule has 0 bridgehead atoms. The van der Waals surface area contributed by atoms with Crippen LogP contribution in [0, 0.1) is 5.41 Å². The van der Waals surface area contributed by atoms with E-state index in [2.05, 4.69) is 29.5 Å². The van der Waals surface area contributed by atoms with E-state index in [-0.39, 0.29) is 0 Å². The maximum atomic E-state index is 6.27. The lowest BCUT2D eigenvalue weighted by molar-refractivity contribution is -0.109. The summed E-state index contributed by atoms with van der Waals surface area (Å²) in [7, 11) is 0. The molecule has 0 spiro atoms. The van der Waals surface area contributed by atoms with E-state index in [4.69, 9.17) is 4.74 Å². The Kier molecular flexibility index (Phi) is 4.33. The van der Waals surface area contributed by atoms with E-state index in [1.165, 1.54) is 55.8 Å². The summed E-state index contributed by atoms with van der Waals surface area (Å²) in [6.45, 7) is 2.46. The number of hydrogen-bond acceptors (Lipinski definition) is 1. The van der Waals surface area contributed by atoms with Crippen molar-refractivity contribution in [3.63, 3.8) is 0 Å². The Bertz CT molecular complexity index is 199. The molecule has 2 unspecified atom stereocenters. The first kappa shape index (κ1) is 12.2.